The maximum absolute atomic E-state index is 11.8. The molecule has 0 saturated heterocycles. The first-order valence-electron chi connectivity index (χ1n) is 10.8. The number of esters is 3. The summed E-state index contributed by atoms with van der Waals surface area (Å²) in [5, 5.41) is 24.1. The van der Waals surface area contributed by atoms with Crippen LogP contribution in [0.2, 0.25) is 0 Å². The van der Waals surface area contributed by atoms with Crippen LogP contribution in [0.5, 0.6) is 0 Å². The summed E-state index contributed by atoms with van der Waals surface area (Å²) in [6.45, 7) is 5.14. The Kier molecular flexibility index (Phi) is 8.19. The zero-order valence-electron chi connectivity index (χ0n) is 19.5. The average Bonchev–Trinajstić information content (AvgIpc) is 3.55. The highest BCUT2D eigenvalue weighted by molar-refractivity contribution is 5.69. The lowest BCUT2D eigenvalue weighted by atomic mass is 9.90. The van der Waals surface area contributed by atoms with Gasteiger partial charge in [0.25, 0.3) is 0 Å². The summed E-state index contributed by atoms with van der Waals surface area (Å²) in [7, 11) is 0. The molecule has 0 aliphatic heterocycles. The van der Waals surface area contributed by atoms with Gasteiger partial charge in [-0.15, -0.1) is 15.3 Å². The van der Waals surface area contributed by atoms with E-state index in [0.717, 1.165) is 0 Å². The minimum absolute atomic E-state index is 0.160. The first-order valence-corrected chi connectivity index (χ1v) is 10.8. The molecule has 0 amide bonds. The number of carbonyl (C=O) groups excluding carboxylic acids is 3. The summed E-state index contributed by atoms with van der Waals surface area (Å²) in [5.74, 6) is -1.52. The van der Waals surface area contributed by atoms with Crippen molar-refractivity contribution < 1.29 is 28.6 Å². The van der Waals surface area contributed by atoms with Gasteiger partial charge >= 0.3 is 17.9 Å². The van der Waals surface area contributed by atoms with E-state index in [2.05, 4.69) is 30.9 Å². The molecule has 0 atom stereocenters. The van der Waals surface area contributed by atoms with Crippen LogP contribution in [0, 0.1) is 0 Å². The molecule has 0 aromatic carbocycles. The van der Waals surface area contributed by atoms with Crippen LogP contribution in [0.1, 0.15) is 37.9 Å². The second-order valence-corrected chi connectivity index (χ2v) is 7.13. The Hall–Kier alpha value is -4.21. The molecule has 3 rings (SSSR count). The van der Waals surface area contributed by atoms with Crippen molar-refractivity contribution in [2.24, 2.45) is 5.73 Å². The van der Waals surface area contributed by atoms with Crippen molar-refractivity contribution in [3.05, 3.63) is 35.7 Å². The fourth-order valence-corrected chi connectivity index (χ4v) is 3.08. The monoisotopic (exact) mass is 490 g/mol. The van der Waals surface area contributed by atoms with Gasteiger partial charge in [-0.05, 0) is 20.8 Å². The molecule has 3 heterocycles. The van der Waals surface area contributed by atoms with Crippen molar-refractivity contribution in [2.75, 3.05) is 19.8 Å². The molecule has 0 unspecified atom stereocenters. The number of hydrogen-bond acceptors (Lipinski definition) is 13. The molecule has 0 saturated carbocycles. The van der Waals surface area contributed by atoms with Crippen molar-refractivity contribution >= 4 is 17.9 Å². The molecule has 16 nitrogen and oxygen atoms in total. The van der Waals surface area contributed by atoms with E-state index in [1.54, 1.807) is 20.8 Å². The molecule has 188 valence electrons. The number of rotatable bonds is 12. The van der Waals surface area contributed by atoms with Gasteiger partial charge in [-0.1, -0.05) is 15.6 Å². The lowest BCUT2D eigenvalue weighted by molar-refractivity contribution is -0.145. The molecule has 35 heavy (non-hydrogen) atoms. The number of nitrogens with two attached hydrogens (primary N) is 1. The second kappa shape index (κ2) is 11.3. The summed E-state index contributed by atoms with van der Waals surface area (Å²) in [5.41, 5.74) is 5.61. The topological polar surface area (TPSA) is 197 Å². The largest absolute Gasteiger partial charge is 0.465 e. The molecule has 3 aromatic heterocycles. The first-order chi connectivity index (χ1) is 16.8. The molecule has 0 fully saturated rings. The molecule has 0 spiro atoms. The molecule has 0 radical (unpaired) electrons. The number of ether oxygens (including phenoxy) is 3. The molecule has 0 aliphatic carbocycles. The minimum Gasteiger partial charge on any atom is -0.465 e. The predicted octanol–water partition coefficient (Wildman–Crippen LogP) is -1.60. The second-order valence-electron chi connectivity index (χ2n) is 7.13. The maximum Gasteiger partial charge on any atom is 0.327 e. The lowest BCUT2D eigenvalue weighted by Crippen LogP contribution is -2.40. The third-order valence-electron chi connectivity index (χ3n) is 4.62. The van der Waals surface area contributed by atoms with Gasteiger partial charge in [-0.25, -0.2) is 14.0 Å². The molecular formula is C19H26N10O6. The van der Waals surface area contributed by atoms with E-state index in [4.69, 9.17) is 19.9 Å². The Morgan fingerprint density at radius 1 is 0.686 bits per heavy atom. The van der Waals surface area contributed by atoms with Crippen LogP contribution < -0.4 is 5.73 Å². The van der Waals surface area contributed by atoms with E-state index in [1.807, 2.05) is 0 Å². The van der Waals surface area contributed by atoms with Crippen molar-refractivity contribution in [2.45, 2.75) is 45.9 Å². The Morgan fingerprint density at radius 2 is 0.971 bits per heavy atom. The molecule has 3 aromatic rings. The summed E-state index contributed by atoms with van der Waals surface area (Å²) in [6.07, 6.45) is 4.31. The normalized spacial score (nSPS) is 11.3. The van der Waals surface area contributed by atoms with Gasteiger partial charge in [0.2, 0.25) is 0 Å². The van der Waals surface area contributed by atoms with Gasteiger partial charge in [-0.3, -0.25) is 14.4 Å². The smallest absolute Gasteiger partial charge is 0.327 e. The highest BCUT2D eigenvalue weighted by Gasteiger charge is 2.41. The summed E-state index contributed by atoms with van der Waals surface area (Å²) < 4.78 is 18.6. The van der Waals surface area contributed by atoms with Crippen LogP contribution in [-0.2, 0) is 53.8 Å². The number of nitrogens with zero attached hydrogens (tertiary/aromatic N) is 9. The van der Waals surface area contributed by atoms with Crippen LogP contribution in [0.15, 0.2) is 18.6 Å². The summed E-state index contributed by atoms with van der Waals surface area (Å²) in [4.78, 5) is 35.5. The first kappa shape index (κ1) is 25.4. The molecular weight excluding hydrogens is 464 g/mol. The van der Waals surface area contributed by atoms with E-state index in [0.29, 0.717) is 0 Å². The van der Waals surface area contributed by atoms with Gasteiger partial charge in [0.1, 0.15) is 36.7 Å². The Balaban J connectivity index is 1.97. The molecule has 0 aliphatic rings. The van der Waals surface area contributed by atoms with E-state index in [-0.39, 0.29) is 56.5 Å². The standard InChI is InChI=1S/C19H26N10O6/c1-4-33-16(30)10-27-7-13(21-24-27)19(20,14-8-28(25-22-14)11-17(31)34-5-2)15-9-29(26-23-15)12-18(32)35-6-3/h7-9H,4-6,10-12,20H2,1-3H3. The summed E-state index contributed by atoms with van der Waals surface area (Å²) >= 11 is 0. The van der Waals surface area contributed by atoms with Crippen molar-refractivity contribution in [1.82, 2.24) is 45.0 Å². The third-order valence-corrected chi connectivity index (χ3v) is 4.62. The van der Waals surface area contributed by atoms with Crippen LogP contribution in [0.4, 0.5) is 0 Å². The van der Waals surface area contributed by atoms with Crippen LogP contribution in [0.25, 0.3) is 0 Å². The highest BCUT2D eigenvalue weighted by Crippen LogP contribution is 2.30. The number of carbonyl (C=O) groups is 3. The SMILES string of the molecule is CCOC(=O)Cn1cc(C(N)(c2cn(CC(=O)OCC)nn2)c2cn(CC(=O)OCC)nn2)nn1. The fraction of sp³-hybridized carbons (Fsp3) is 0.526. The fourth-order valence-electron chi connectivity index (χ4n) is 3.08. The zero-order valence-corrected chi connectivity index (χ0v) is 19.5. The van der Waals surface area contributed by atoms with Crippen LogP contribution in [0.3, 0.4) is 0 Å². The van der Waals surface area contributed by atoms with Crippen molar-refractivity contribution in [3.8, 4) is 0 Å². The quantitative estimate of drug-likeness (QED) is 0.225. The van der Waals surface area contributed by atoms with Gasteiger partial charge < -0.3 is 19.9 Å². The van der Waals surface area contributed by atoms with Gasteiger partial charge in [0.15, 0.2) is 5.54 Å². The molecule has 16 heteroatoms. The van der Waals surface area contributed by atoms with E-state index >= 15 is 0 Å². The van der Waals surface area contributed by atoms with Crippen LogP contribution >= 0.6 is 0 Å². The summed E-state index contributed by atoms with van der Waals surface area (Å²) in [6, 6.07) is 0. The Bertz CT molecular complexity index is 1030. The predicted molar refractivity (Wildman–Crippen MR) is 114 cm³/mol. The molecule has 2 N–H and O–H groups in total. The van der Waals surface area contributed by atoms with Gasteiger partial charge in [0, 0.05) is 0 Å². The van der Waals surface area contributed by atoms with E-state index < -0.39 is 23.4 Å². The van der Waals surface area contributed by atoms with Gasteiger partial charge in [-0.2, -0.15) is 0 Å². The highest BCUT2D eigenvalue weighted by atomic mass is 16.5. The zero-order chi connectivity index (χ0) is 25.4. The lowest BCUT2D eigenvalue weighted by Gasteiger charge is -2.21. The number of aromatic nitrogens is 9. The Labute approximate surface area is 199 Å². The minimum atomic E-state index is -1.65. The molecule has 0 bridgehead atoms. The van der Waals surface area contributed by atoms with Crippen LogP contribution in [-0.4, -0.2) is 82.7 Å². The maximum atomic E-state index is 11.8. The van der Waals surface area contributed by atoms with E-state index in [9.17, 15) is 14.4 Å². The third kappa shape index (κ3) is 6.03. The van der Waals surface area contributed by atoms with E-state index in [1.165, 1.54) is 32.6 Å². The number of hydrogen-bond donors (Lipinski definition) is 1. The average molecular weight is 490 g/mol. The Morgan fingerprint density at radius 3 is 1.23 bits per heavy atom. The van der Waals surface area contributed by atoms with Crippen molar-refractivity contribution in [1.29, 1.82) is 0 Å². The van der Waals surface area contributed by atoms with Crippen molar-refractivity contribution in [3.63, 3.8) is 0 Å². The van der Waals surface area contributed by atoms with Gasteiger partial charge in [0.05, 0.1) is 38.4 Å².